The predicted molar refractivity (Wildman–Crippen MR) is 42.3 cm³/mol. The molecule has 0 saturated carbocycles. The maximum Gasteiger partial charge on any atom is 0.0626 e. The summed E-state index contributed by atoms with van der Waals surface area (Å²) in [7, 11) is 0. The van der Waals surface area contributed by atoms with Gasteiger partial charge in [0.1, 0.15) is 0 Å². The van der Waals surface area contributed by atoms with Crippen LogP contribution in [0.2, 0.25) is 0 Å². The van der Waals surface area contributed by atoms with Gasteiger partial charge in [0.05, 0.1) is 13.2 Å². The molecular weight excluding hydrogens is 229 g/mol. The molecule has 0 saturated heterocycles. The van der Waals surface area contributed by atoms with E-state index in [9.17, 15) is 0 Å². The summed E-state index contributed by atoms with van der Waals surface area (Å²) >= 11 is 0. The third-order valence-electron chi connectivity index (χ3n) is 1.60. The summed E-state index contributed by atoms with van der Waals surface area (Å²) in [5.41, 5.74) is 1.96. The Morgan fingerprint density at radius 3 is 2.67 bits per heavy atom. The first-order valence-electron chi connectivity index (χ1n) is 3.84. The van der Waals surface area contributed by atoms with E-state index in [1.54, 1.807) is 4.68 Å². The van der Waals surface area contributed by atoms with Crippen LogP contribution in [0.4, 0.5) is 0 Å². The van der Waals surface area contributed by atoms with Crippen molar-refractivity contribution in [3.05, 3.63) is 17.5 Å². The first-order chi connectivity index (χ1) is 5.27. The van der Waals surface area contributed by atoms with Crippen molar-refractivity contribution in [3.63, 3.8) is 0 Å². The minimum atomic E-state index is 0. The number of hydrogen-bond acceptors (Lipinski definition) is 2. The summed E-state index contributed by atoms with van der Waals surface area (Å²) in [4.78, 5) is 0. The Kier molecular flexibility index (Phi) is 5.97. The Labute approximate surface area is 98.0 Å². The van der Waals surface area contributed by atoms with Crippen LogP contribution >= 0.6 is 0 Å². The fraction of sp³-hybridized carbons (Fsp3) is 0.625. The van der Waals surface area contributed by atoms with Crippen molar-refractivity contribution in [3.8, 4) is 0 Å². The van der Waals surface area contributed by atoms with Crippen LogP contribution in [0.1, 0.15) is 18.3 Å². The van der Waals surface area contributed by atoms with Crippen LogP contribution < -0.4 is 0 Å². The molecule has 12 heavy (non-hydrogen) atoms. The molecule has 1 radical (unpaired) electrons. The summed E-state index contributed by atoms with van der Waals surface area (Å²) in [5, 5.41) is 12.9. The molecule has 1 N–H and O–H groups in total. The zero-order valence-corrected chi connectivity index (χ0v) is 10.4. The average Bonchev–Trinajstić information content (AvgIpc) is 2.33. The summed E-state index contributed by atoms with van der Waals surface area (Å²) < 4.78 is 1.78. The Morgan fingerprint density at radius 1 is 1.58 bits per heavy atom. The molecule has 0 aromatic carbocycles. The second-order valence-corrected chi connectivity index (χ2v) is 2.46. The minimum absolute atomic E-state index is 0. The number of aliphatic hydroxyl groups excluding tert-OH is 1. The molecule has 0 unspecified atom stereocenters. The molecule has 1 rings (SSSR count). The Morgan fingerprint density at radius 2 is 2.25 bits per heavy atom. The number of nitrogens with zero attached hydrogens (tertiary/aromatic N) is 2. The number of aryl methyl sites for hydroxylation is 2. The van der Waals surface area contributed by atoms with Crippen LogP contribution in [0.5, 0.6) is 0 Å². The third-order valence-corrected chi connectivity index (χ3v) is 1.60. The number of rotatable bonds is 3. The van der Waals surface area contributed by atoms with Crippen LogP contribution in [0.3, 0.4) is 0 Å². The molecule has 3 nitrogen and oxygen atoms in total. The SMILES string of the molecule is CCc1[c-]c(C)n(CCO)n1.[Y]. The number of aliphatic hydroxyl groups is 1. The quantitative estimate of drug-likeness (QED) is 0.786. The monoisotopic (exact) mass is 242 g/mol. The molecule has 0 atom stereocenters. The van der Waals surface area contributed by atoms with Gasteiger partial charge < -0.3 is 15.9 Å². The van der Waals surface area contributed by atoms with Crippen LogP contribution in [-0.2, 0) is 45.7 Å². The smallest absolute Gasteiger partial charge is 0.0626 e. The molecule has 1 aromatic rings. The standard InChI is InChI=1S/C8H13N2O.Y/c1-3-8-6-7(2)10(9-8)4-5-11;/h11H,3-5H2,1-2H3;/q-1;. The van der Waals surface area contributed by atoms with Gasteiger partial charge in [0, 0.05) is 32.7 Å². The first kappa shape index (κ1) is 12.3. The molecule has 0 spiro atoms. The largest absolute Gasteiger partial charge is 0.426 e. The van der Waals surface area contributed by atoms with Gasteiger partial charge in [0.15, 0.2) is 0 Å². The fourth-order valence-corrected chi connectivity index (χ4v) is 0.991. The normalized spacial score (nSPS) is 9.58. The van der Waals surface area contributed by atoms with Gasteiger partial charge in [-0.05, 0) is 6.42 Å². The molecular formula is C8H13N2OY-. The van der Waals surface area contributed by atoms with Crippen LogP contribution in [0.15, 0.2) is 0 Å². The van der Waals surface area contributed by atoms with Crippen molar-refractivity contribution in [1.29, 1.82) is 0 Å². The van der Waals surface area contributed by atoms with Crippen LogP contribution in [-0.4, -0.2) is 21.5 Å². The van der Waals surface area contributed by atoms with E-state index in [2.05, 4.69) is 11.2 Å². The van der Waals surface area contributed by atoms with Gasteiger partial charge in [0.25, 0.3) is 0 Å². The Bertz CT molecular complexity index is 235. The molecule has 1 heterocycles. The van der Waals surface area contributed by atoms with Crippen molar-refractivity contribution >= 4 is 0 Å². The van der Waals surface area contributed by atoms with Crippen LogP contribution in [0, 0.1) is 13.0 Å². The van der Waals surface area contributed by atoms with E-state index >= 15 is 0 Å². The molecule has 0 aliphatic carbocycles. The second-order valence-electron chi connectivity index (χ2n) is 2.46. The van der Waals surface area contributed by atoms with E-state index in [4.69, 9.17) is 5.11 Å². The van der Waals surface area contributed by atoms with E-state index < -0.39 is 0 Å². The van der Waals surface area contributed by atoms with Gasteiger partial charge >= 0.3 is 0 Å². The van der Waals surface area contributed by atoms with Gasteiger partial charge in [-0.3, -0.25) is 0 Å². The van der Waals surface area contributed by atoms with E-state index in [1.165, 1.54) is 0 Å². The summed E-state index contributed by atoms with van der Waals surface area (Å²) in [6.45, 7) is 4.70. The average molecular weight is 242 g/mol. The van der Waals surface area contributed by atoms with Gasteiger partial charge in [0.2, 0.25) is 0 Å². The first-order valence-corrected chi connectivity index (χ1v) is 3.84. The van der Waals surface area contributed by atoms with E-state index in [1.807, 2.05) is 13.8 Å². The zero-order chi connectivity index (χ0) is 8.27. The Hall–Kier alpha value is 0.274. The molecule has 0 bridgehead atoms. The fourth-order valence-electron chi connectivity index (χ4n) is 0.991. The predicted octanol–water partition coefficient (Wildman–Crippen LogP) is 0.544. The molecule has 0 aliphatic heterocycles. The van der Waals surface area contributed by atoms with E-state index in [0.717, 1.165) is 17.8 Å². The zero-order valence-electron chi connectivity index (χ0n) is 7.54. The van der Waals surface area contributed by atoms with Gasteiger partial charge in [-0.1, -0.05) is 13.8 Å². The topological polar surface area (TPSA) is 38.0 Å². The van der Waals surface area contributed by atoms with E-state index in [0.29, 0.717) is 6.54 Å². The van der Waals surface area contributed by atoms with Crippen molar-refractivity contribution in [2.45, 2.75) is 26.8 Å². The second kappa shape index (κ2) is 5.84. The number of aromatic nitrogens is 2. The molecule has 65 valence electrons. The molecule has 4 heteroatoms. The van der Waals surface area contributed by atoms with Crippen LogP contribution in [0.25, 0.3) is 0 Å². The summed E-state index contributed by atoms with van der Waals surface area (Å²) in [5.74, 6) is 0. The van der Waals surface area contributed by atoms with Gasteiger partial charge in [-0.15, -0.1) is 11.4 Å². The maximum absolute atomic E-state index is 8.65. The summed E-state index contributed by atoms with van der Waals surface area (Å²) in [6.07, 6.45) is 0.902. The third kappa shape index (κ3) is 2.96. The van der Waals surface area contributed by atoms with Crippen molar-refractivity contribution in [2.24, 2.45) is 0 Å². The van der Waals surface area contributed by atoms with Gasteiger partial charge in [-0.25, -0.2) is 5.10 Å². The molecule has 0 aliphatic rings. The minimum Gasteiger partial charge on any atom is -0.426 e. The maximum atomic E-state index is 8.65. The summed E-state index contributed by atoms with van der Waals surface area (Å²) in [6, 6.07) is 3.12. The molecule has 0 fully saturated rings. The number of hydrogen-bond donors (Lipinski definition) is 1. The van der Waals surface area contributed by atoms with E-state index in [-0.39, 0.29) is 39.3 Å². The van der Waals surface area contributed by atoms with Gasteiger partial charge in [-0.2, -0.15) is 0 Å². The molecule has 0 amide bonds. The Balaban J connectivity index is 0.00000121. The van der Waals surface area contributed by atoms with Crippen molar-refractivity contribution < 1.29 is 37.8 Å². The van der Waals surface area contributed by atoms with Crippen molar-refractivity contribution in [1.82, 2.24) is 9.78 Å². The van der Waals surface area contributed by atoms with Crippen molar-refractivity contribution in [2.75, 3.05) is 6.61 Å². The molecule has 1 aromatic heterocycles.